The van der Waals surface area contributed by atoms with Gasteiger partial charge in [0.1, 0.15) is 0 Å². The van der Waals surface area contributed by atoms with E-state index in [1.165, 1.54) is 12.8 Å². The highest BCUT2D eigenvalue weighted by Gasteiger charge is 2.31. The molecule has 1 aromatic rings. The average molecular weight is 374 g/mol. The largest absolute Gasteiger partial charge is 0.454 e. The van der Waals surface area contributed by atoms with Gasteiger partial charge >= 0.3 is 0 Å². The molecule has 1 saturated heterocycles. The summed E-state index contributed by atoms with van der Waals surface area (Å²) in [5.41, 5.74) is 0.543. The van der Waals surface area contributed by atoms with E-state index in [4.69, 9.17) is 9.47 Å². The number of carbonyl (C=O) groups is 2. The van der Waals surface area contributed by atoms with Crippen molar-refractivity contribution in [3.8, 4) is 11.5 Å². The number of Topliss-reactive ketones (excluding diaryl/α,β-unsaturated/α-hetero) is 1. The first-order valence-corrected chi connectivity index (χ1v) is 9.74. The zero-order chi connectivity index (χ0) is 19.6. The van der Waals surface area contributed by atoms with Crippen LogP contribution in [0.5, 0.6) is 11.5 Å². The van der Waals surface area contributed by atoms with Crippen molar-refractivity contribution in [3.05, 3.63) is 23.8 Å². The number of carbonyl (C=O) groups excluding carboxylic acids is 2. The van der Waals surface area contributed by atoms with E-state index >= 15 is 0 Å². The van der Waals surface area contributed by atoms with Gasteiger partial charge in [0, 0.05) is 24.6 Å². The van der Waals surface area contributed by atoms with Crippen molar-refractivity contribution in [1.29, 1.82) is 0 Å². The minimum atomic E-state index is -0.521. The zero-order valence-electron chi connectivity index (χ0n) is 16.8. The molecule has 0 saturated carbocycles. The molecule has 0 spiro atoms. The number of benzene rings is 1. The van der Waals surface area contributed by atoms with Gasteiger partial charge in [-0.15, -0.1) is 0 Å². The highest BCUT2D eigenvalue weighted by molar-refractivity contribution is 6.02. The van der Waals surface area contributed by atoms with Crippen LogP contribution in [0.25, 0.3) is 0 Å². The number of fused-ring (bicyclic) bond motifs is 1. The number of likely N-dealkylation sites (tertiary alicyclic amines) is 1. The number of rotatable bonds is 7. The third-order valence-electron chi connectivity index (χ3n) is 5.92. The Morgan fingerprint density at radius 2 is 1.85 bits per heavy atom. The second-order valence-corrected chi connectivity index (χ2v) is 8.12. The predicted molar refractivity (Wildman–Crippen MR) is 103 cm³/mol. The monoisotopic (exact) mass is 374 g/mol. The maximum absolute atomic E-state index is 12.8. The lowest BCUT2D eigenvalue weighted by atomic mass is 9.95. The summed E-state index contributed by atoms with van der Waals surface area (Å²) in [4.78, 5) is 29.5. The van der Waals surface area contributed by atoms with Gasteiger partial charge in [-0.2, -0.15) is 0 Å². The van der Waals surface area contributed by atoms with Crippen LogP contribution in [0.4, 0.5) is 0 Å². The molecule has 1 aromatic carbocycles. The first-order chi connectivity index (χ1) is 12.8. The van der Waals surface area contributed by atoms with E-state index in [9.17, 15) is 9.59 Å². The molecule has 1 fully saturated rings. The minimum Gasteiger partial charge on any atom is -0.454 e. The van der Waals surface area contributed by atoms with Gasteiger partial charge in [0.2, 0.25) is 12.7 Å². The van der Waals surface area contributed by atoms with E-state index in [0.29, 0.717) is 23.5 Å². The molecule has 6 heteroatoms. The normalized spacial score (nSPS) is 17.8. The molecule has 0 bridgehead atoms. The number of hydrogen-bond acceptors (Lipinski definition) is 5. The number of ketones is 1. The fourth-order valence-corrected chi connectivity index (χ4v) is 3.75. The van der Waals surface area contributed by atoms with E-state index in [2.05, 4.69) is 18.7 Å². The van der Waals surface area contributed by atoms with Crippen molar-refractivity contribution in [2.75, 3.05) is 26.9 Å². The Bertz CT molecular complexity index is 710. The second-order valence-electron chi connectivity index (χ2n) is 8.12. The summed E-state index contributed by atoms with van der Waals surface area (Å²) < 4.78 is 10.6. The number of amides is 1. The summed E-state index contributed by atoms with van der Waals surface area (Å²) in [6.07, 6.45) is 3.70. The van der Waals surface area contributed by atoms with Gasteiger partial charge in [-0.3, -0.25) is 14.5 Å². The zero-order valence-corrected chi connectivity index (χ0v) is 16.8. The van der Waals surface area contributed by atoms with Crippen LogP contribution in [0, 0.1) is 0 Å². The maximum atomic E-state index is 12.8. The van der Waals surface area contributed by atoms with Crippen LogP contribution in [0.1, 0.15) is 56.8 Å². The van der Waals surface area contributed by atoms with Crippen molar-refractivity contribution in [1.82, 2.24) is 9.80 Å². The molecular weight excluding hydrogens is 344 g/mol. The molecule has 1 atom stereocenters. The van der Waals surface area contributed by atoms with Crippen LogP contribution in [0.3, 0.4) is 0 Å². The maximum Gasteiger partial charge on any atom is 0.231 e. The smallest absolute Gasteiger partial charge is 0.231 e. The van der Waals surface area contributed by atoms with Gasteiger partial charge in [0.15, 0.2) is 17.3 Å². The fourth-order valence-electron chi connectivity index (χ4n) is 3.75. The molecule has 2 heterocycles. The van der Waals surface area contributed by atoms with E-state index in [1.54, 1.807) is 37.1 Å². The highest BCUT2D eigenvalue weighted by Crippen LogP contribution is 2.33. The Balaban J connectivity index is 1.58. The fraction of sp³-hybridized carbons (Fsp3) is 0.619. The molecule has 27 heavy (non-hydrogen) atoms. The summed E-state index contributed by atoms with van der Waals surface area (Å²) in [6, 6.07) is 4.63. The van der Waals surface area contributed by atoms with E-state index in [-0.39, 0.29) is 24.0 Å². The Kier molecular flexibility index (Phi) is 5.75. The first-order valence-electron chi connectivity index (χ1n) is 9.74. The standard InChI is InChI=1S/C21H30N2O4/c1-15(20(25)16-7-8-17-18(13-16)27-14-26-17)22(4)19(24)9-10-21(2,3)23-11-5-6-12-23/h7-8,13,15H,5-6,9-12,14H2,1-4H3. The number of ether oxygens (including phenoxy) is 2. The lowest BCUT2D eigenvalue weighted by molar-refractivity contribution is -0.131. The molecule has 2 aliphatic heterocycles. The number of likely N-dealkylation sites (N-methyl/N-ethyl adjacent to an activating group) is 1. The van der Waals surface area contributed by atoms with Crippen molar-refractivity contribution < 1.29 is 19.1 Å². The Labute approximate surface area is 161 Å². The van der Waals surface area contributed by atoms with Gasteiger partial charge in [0.05, 0.1) is 6.04 Å². The van der Waals surface area contributed by atoms with Crippen molar-refractivity contribution in [3.63, 3.8) is 0 Å². The van der Waals surface area contributed by atoms with Gasteiger partial charge in [0.25, 0.3) is 0 Å². The SMILES string of the molecule is CC(C(=O)c1ccc2c(c1)OCO2)N(C)C(=O)CCC(C)(C)N1CCCC1. The number of nitrogens with zero attached hydrogens (tertiary/aromatic N) is 2. The van der Waals surface area contributed by atoms with Crippen LogP contribution < -0.4 is 9.47 Å². The Hall–Kier alpha value is -2.08. The van der Waals surface area contributed by atoms with Crippen LogP contribution in [0.2, 0.25) is 0 Å². The highest BCUT2D eigenvalue weighted by atomic mass is 16.7. The summed E-state index contributed by atoms with van der Waals surface area (Å²) in [5.74, 6) is 1.13. The summed E-state index contributed by atoms with van der Waals surface area (Å²) in [7, 11) is 1.71. The van der Waals surface area contributed by atoms with Crippen molar-refractivity contribution in [2.24, 2.45) is 0 Å². The molecule has 6 nitrogen and oxygen atoms in total. The third kappa shape index (κ3) is 4.26. The molecule has 0 aliphatic carbocycles. The molecule has 0 N–H and O–H groups in total. The summed E-state index contributed by atoms with van der Waals surface area (Å²) in [5, 5.41) is 0. The van der Waals surface area contributed by atoms with Gasteiger partial charge in [-0.05, 0) is 71.3 Å². The van der Waals surface area contributed by atoms with E-state index < -0.39 is 6.04 Å². The van der Waals surface area contributed by atoms with Gasteiger partial charge in [-0.1, -0.05) is 0 Å². The van der Waals surface area contributed by atoms with Gasteiger partial charge < -0.3 is 14.4 Å². The van der Waals surface area contributed by atoms with Crippen LogP contribution >= 0.6 is 0 Å². The Morgan fingerprint density at radius 1 is 1.19 bits per heavy atom. The molecule has 3 rings (SSSR count). The van der Waals surface area contributed by atoms with Gasteiger partial charge in [-0.25, -0.2) is 0 Å². The minimum absolute atomic E-state index is 0.00358. The predicted octanol–water partition coefficient (Wildman–Crippen LogP) is 3.10. The molecule has 0 aromatic heterocycles. The molecule has 0 radical (unpaired) electrons. The van der Waals surface area contributed by atoms with Crippen LogP contribution in [0.15, 0.2) is 18.2 Å². The topological polar surface area (TPSA) is 59.1 Å². The van der Waals surface area contributed by atoms with Crippen molar-refractivity contribution in [2.45, 2.75) is 58.0 Å². The van der Waals surface area contributed by atoms with E-state index in [0.717, 1.165) is 19.5 Å². The molecule has 2 aliphatic rings. The van der Waals surface area contributed by atoms with Crippen molar-refractivity contribution >= 4 is 11.7 Å². The second kappa shape index (κ2) is 7.89. The molecular formula is C21H30N2O4. The summed E-state index contributed by atoms with van der Waals surface area (Å²) >= 11 is 0. The van der Waals surface area contributed by atoms with Crippen LogP contribution in [-0.4, -0.2) is 60.0 Å². The molecule has 1 unspecified atom stereocenters. The number of hydrogen-bond donors (Lipinski definition) is 0. The summed E-state index contributed by atoms with van der Waals surface area (Å²) in [6.45, 7) is 8.57. The van der Waals surface area contributed by atoms with Crippen LogP contribution in [-0.2, 0) is 4.79 Å². The third-order valence-corrected chi connectivity index (χ3v) is 5.92. The molecule has 1 amide bonds. The van der Waals surface area contributed by atoms with E-state index in [1.807, 2.05) is 0 Å². The lowest BCUT2D eigenvalue weighted by Gasteiger charge is -2.36. The first kappa shape index (κ1) is 19.7. The average Bonchev–Trinajstić information content (AvgIpc) is 3.35. The molecule has 148 valence electrons. The Morgan fingerprint density at radius 3 is 2.56 bits per heavy atom. The lowest BCUT2D eigenvalue weighted by Crippen LogP contribution is -2.44. The quantitative estimate of drug-likeness (QED) is 0.687.